The molecule has 2 aromatic rings. The normalized spacial score (nSPS) is 10.3. The summed E-state index contributed by atoms with van der Waals surface area (Å²) in [7, 11) is 0. The second-order valence-corrected chi connectivity index (χ2v) is 4.26. The van der Waals surface area contributed by atoms with Gasteiger partial charge < -0.3 is 5.32 Å². The Hall–Kier alpha value is -2.32. The Balaban J connectivity index is 1.98. The van der Waals surface area contributed by atoms with E-state index in [9.17, 15) is 13.2 Å². The Kier molecular flexibility index (Phi) is 4.38. The quantitative estimate of drug-likeness (QED) is 0.930. The molecular formula is C15H11F3N2. The molecule has 0 heterocycles. The molecule has 2 nitrogen and oxygen atoms in total. The lowest BCUT2D eigenvalue weighted by molar-refractivity contribution is 0.553. The minimum atomic E-state index is -0.641. The third-order valence-electron chi connectivity index (χ3n) is 2.83. The number of nitrogens with one attached hydrogen (secondary N) is 1. The number of hydrogen-bond acceptors (Lipinski definition) is 2. The predicted molar refractivity (Wildman–Crippen MR) is 68.0 cm³/mol. The first kappa shape index (κ1) is 14.1. The molecule has 0 amide bonds. The van der Waals surface area contributed by atoms with E-state index >= 15 is 0 Å². The SMILES string of the molecule is N#Cc1ccc(CNCc2ccc(F)cc2F)c(F)c1. The zero-order valence-corrected chi connectivity index (χ0v) is 10.5. The van der Waals surface area contributed by atoms with Gasteiger partial charge in [-0.2, -0.15) is 5.26 Å². The van der Waals surface area contributed by atoms with E-state index in [1.807, 2.05) is 6.07 Å². The first-order valence-electron chi connectivity index (χ1n) is 5.93. The lowest BCUT2D eigenvalue weighted by atomic mass is 10.1. The Bertz CT molecular complexity index is 663. The summed E-state index contributed by atoms with van der Waals surface area (Å²) in [5.41, 5.74) is 0.933. The number of rotatable bonds is 4. The van der Waals surface area contributed by atoms with Gasteiger partial charge in [-0.05, 0) is 18.2 Å². The van der Waals surface area contributed by atoms with Crippen molar-refractivity contribution in [2.75, 3.05) is 0 Å². The molecule has 0 saturated carbocycles. The van der Waals surface area contributed by atoms with Gasteiger partial charge in [-0.3, -0.25) is 0 Å². The maximum Gasteiger partial charge on any atom is 0.130 e. The summed E-state index contributed by atoms with van der Waals surface area (Å²) in [4.78, 5) is 0. The number of hydrogen-bond donors (Lipinski definition) is 1. The monoisotopic (exact) mass is 276 g/mol. The van der Waals surface area contributed by atoms with Gasteiger partial charge in [0, 0.05) is 30.3 Å². The standard InChI is InChI=1S/C15H11F3N2/c16-13-4-3-12(15(18)6-13)9-20-8-11-2-1-10(7-19)5-14(11)17/h1-6,20H,8-9H2. The van der Waals surface area contributed by atoms with Gasteiger partial charge in [-0.1, -0.05) is 12.1 Å². The molecule has 0 fully saturated rings. The van der Waals surface area contributed by atoms with E-state index in [1.54, 1.807) is 0 Å². The van der Waals surface area contributed by atoms with Crippen LogP contribution in [0, 0.1) is 28.8 Å². The van der Waals surface area contributed by atoms with Crippen LogP contribution in [0.25, 0.3) is 0 Å². The fourth-order valence-corrected chi connectivity index (χ4v) is 1.76. The van der Waals surface area contributed by atoms with Crippen molar-refractivity contribution in [2.24, 2.45) is 0 Å². The number of nitriles is 1. The molecule has 5 heteroatoms. The van der Waals surface area contributed by atoms with Gasteiger partial charge in [-0.15, -0.1) is 0 Å². The second-order valence-electron chi connectivity index (χ2n) is 4.26. The third kappa shape index (κ3) is 3.37. The minimum Gasteiger partial charge on any atom is -0.308 e. The molecule has 20 heavy (non-hydrogen) atoms. The van der Waals surface area contributed by atoms with Crippen molar-refractivity contribution < 1.29 is 13.2 Å². The molecule has 0 bridgehead atoms. The average Bonchev–Trinajstić information content (AvgIpc) is 2.42. The third-order valence-corrected chi connectivity index (χ3v) is 2.83. The summed E-state index contributed by atoms with van der Waals surface area (Å²) in [6.45, 7) is 0.347. The molecule has 0 aliphatic rings. The van der Waals surface area contributed by atoms with Crippen LogP contribution < -0.4 is 5.32 Å². The molecule has 2 aromatic carbocycles. The molecular weight excluding hydrogens is 265 g/mol. The summed E-state index contributed by atoms with van der Waals surface area (Å²) < 4.78 is 39.7. The first-order chi connectivity index (χ1) is 9.60. The molecule has 2 rings (SSSR count). The highest BCUT2D eigenvalue weighted by Gasteiger charge is 2.06. The van der Waals surface area contributed by atoms with Crippen LogP contribution in [-0.4, -0.2) is 0 Å². The van der Waals surface area contributed by atoms with Crippen molar-refractivity contribution in [3.8, 4) is 6.07 Å². The van der Waals surface area contributed by atoms with Crippen molar-refractivity contribution in [3.63, 3.8) is 0 Å². The van der Waals surface area contributed by atoms with Gasteiger partial charge in [0.2, 0.25) is 0 Å². The molecule has 0 aliphatic heterocycles. The number of halogens is 3. The fourth-order valence-electron chi connectivity index (χ4n) is 1.76. The van der Waals surface area contributed by atoms with Crippen molar-refractivity contribution >= 4 is 0 Å². The Labute approximate surface area is 114 Å². The first-order valence-corrected chi connectivity index (χ1v) is 5.93. The largest absolute Gasteiger partial charge is 0.308 e. The maximum atomic E-state index is 13.6. The van der Waals surface area contributed by atoms with Gasteiger partial charge in [0.05, 0.1) is 11.6 Å². The van der Waals surface area contributed by atoms with Crippen LogP contribution in [0.3, 0.4) is 0 Å². The van der Waals surface area contributed by atoms with E-state index in [2.05, 4.69) is 5.32 Å². The Morgan fingerprint density at radius 2 is 1.50 bits per heavy atom. The van der Waals surface area contributed by atoms with E-state index < -0.39 is 17.5 Å². The van der Waals surface area contributed by atoms with Crippen LogP contribution in [-0.2, 0) is 13.1 Å². The molecule has 0 aromatic heterocycles. The van der Waals surface area contributed by atoms with Crippen LogP contribution in [0.4, 0.5) is 13.2 Å². The van der Waals surface area contributed by atoms with Crippen molar-refractivity contribution in [1.29, 1.82) is 5.26 Å². The number of nitrogens with zero attached hydrogens (tertiary/aromatic N) is 1. The average molecular weight is 276 g/mol. The van der Waals surface area contributed by atoms with Gasteiger partial charge >= 0.3 is 0 Å². The summed E-state index contributed by atoms with van der Waals surface area (Å²) in [5.74, 6) is -1.77. The van der Waals surface area contributed by atoms with Gasteiger partial charge in [0.15, 0.2) is 0 Å². The molecule has 1 N–H and O–H groups in total. The fraction of sp³-hybridized carbons (Fsp3) is 0.133. The van der Waals surface area contributed by atoms with E-state index in [-0.39, 0.29) is 18.7 Å². The van der Waals surface area contributed by atoms with Crippen molar-refractivity contribution in [2.45, 2.75) is 13.1 Å². The second kappa shape index (κ2) is 6.22. The summed E-state index contributed by atoms with van der Waals surface area (Å²) in [6.07, 6.45) is 0. The molecule has 0 radical (unpaired) electrons. The highest BCUT2D eigenvalue weighted by molar-refractivity contribution is 5.32. The van der Waals surface area contributed by atoms with Gasteiger partial charge in [0.25, 0.3) is 0 Å². The van der Waals surface area contributed by atoms with E-state index in [0.717, 1.165) is 12.1 Å². The summed E-state index contributed by atoms with van der Waals surface area (Å²) in [5, 5.41) is 11.5. The Morgan fingerprint density at radius 3 is 2.05 bits per heavy atom. The highest BCUT2D eigenvalue weighted by atomic mass is 19.1. The topological polar surface area (TPSA) is 35.8 Å². The number of benzene rings is 2. The maximum absolute atomic E-state index is 13.6. The van der Waals surface area contributed by atoms with Crippen LogP contribution in [0.15, 0.2) is 36.4 Å². The van der Waals surface area contributed by atoms with E-state index in [4.69, 9.17) is 5.26 Å². The molecule has 0 atom stereocenters. The lowest BCUT2D eigenvalue weighted by Gasteiger charge is -2.07. The van der Waals surface area contributed by atoms with E-state index in [1.165, 1.54) is 24.3 Å². The predicted octanol–water partition coefficient (Wildman–Crippen LogP) is 3.27. The van der Waals surface area contributed by atoms with Crippen LogP contribution in [0.2, 0.25) is 0 Å². The zero-order chi connectivity index (χ0) is 14.5. The molecule has 0 aliphatic carbocycles. The van der Waals surface area contributed by atoms with Crippen molar-refractivity contribution in [3.05, 3.63) is 70.5 Å². The Morgan fingerprint density at radius 1 is 0.900 bits per heavy atom. The summed E-state index contributed by atoms with van der Waals surface area (Å²) >= 11 is 0. The van der Waals surface area contributed by atoms with Crippen LogP contribution in [0.5, 0.6) is 0 Å². The molecule has 102 valence electrons. The molecule has 0 spiro atoms. The van der Waals surface area contributed by atoms with Crippen LogP contribution in [0.1, 0.15) is 16.7 Å². The lowest BCUT2D eigenvalue weighted by Crippen LogP contribution is -2.14. The van der Waals surface area contributed by atoms with Gasteiger partial charge in [0.1, 0.15) is 17.5 Å². The minimum absolute atomic E-state index is 0.158. The van der Waals surface area contributed by atoms with Gasteiger partial charge in [-0.25, -0.2) is 13.2 Å². The molecule has 0 unspecified atom stereocenters. The smallest absolute Gasteiger partial charge is 0.130 e. The van der Waals surface area contributed by atoms with Crippen molar-refractivity contribution in [1.82, 2.24) is 5.32 Å². The summed E-state index contributed by atoms with van der Waals surface area (Å²) in [6, 6.07) is 9.32. The van der Waals surface area contributed by atoms with E-state index in [0.29, 0.717) is 11.1 Å². The molecule has 0 saturated heterocycles. The zero-order valence-electron chi connectivity index (χ0n) is 10.5. The highest BCUT2D eigenvalue weighted by Crippen LogP contribution is 2.12. The van der Waals surface area contributed by atoms with Crippen LogP contribution >= 0.6 is 0 Å².